The maximum Gasteiger partial charge on any atom is 0.243 e. The van der Waals surface area contributed by atoms with Crippen LogP contribution in [0.5, 0.6) is 0 Å². The maximum absolute atomic E-state index is 12.5. The summed E-state index contributed by atoms with van der Waals surface area (Å²) >= 11 is 3.36. The second kappa shape index (κ2) is 9.66. The average molecular weight is 438 g/mol. The van der Waals surface area contributed by atoms with E-state index in [0.29, 0.717) is 11.5 Å². The van der Waals surface area contributed by atoms with Gasteiger partial charge in [0, 0.05) is 30.1 Å². The molecule has 27 heavy (non-hydrogen) atoms. The van der Waals surface area contributed by atoms with E-state index in [1.54, 1.807) is 19.1 Å². The van der Waals surface area contributed by atoms with Gasteiger partial charge >= 0.3 is 0 Å². The number of nitrogens with one attached hydrogen (secondary N) is 1. The molecule has 7 nitrogen and oxygen atoms in total. The number of hydrogen-bond donors (Lipinski definition) is 2. The Morgan fingerprint density at radius 3 is 2.89 bits per heavy atom. The van der Waals surface area contributed by atoms with E-state index in [0.717, 1.165) is 10.1 Å². The Balaban J connectivity index is 1.93. The Labute approximate surface area is 166 Å². The van der Waals surface area contributed by atoms with Crippen molar-refractivity contribution in [1.82, 2.24) is 15.4 Å². The highest BCUT2D eigenvalue weighted by Gasteiger charge is 2.38. The second-order valence-electron chi connectivity index (χ2n) is 6.45. The van der Waals surface area contributed by atoms with Crippen molar-refractivity contribution in [3.63, 3.8) is 0 Å². The number of carbonyl (C=O) groups is 2. The van der Waals surface area contributed by atoms with Crippen LogP contribution in [0.1, 0.15) is 24.8 Å². The number of aromatic nitrogens is 1. The van der Waals surface area contributed by atoms with E-state index in [-0.39, 0.29) is 37.7 Å². The molecule has 0 spiro atoms. The molecular formula is C19H24BrN3O4. The van der Waals surface area contributed by atoms with E-state index >= 15 is 0 Å². The van der Waals surface area contributed by atoms with Crippen LogP contribution < -0.4 is 5.32 Å². The minimum absolute atomic E-state index is 0.00413. The molecule has 1 aromatic heterocycles. The number of aliphatic hydroxyl groups is 1. The predicted molar refractivity (Wildman–Crippen MR) is 105 cm³/mol. The van der Waals surface area contributed by atoms with Crippen LogP contribution in [0, 0.1) is 6.92 Å². The standard InChI is InChI=1S/C19H24BrN3O4/c1-4-14(20)6-5-12(2)10-21-19(26)17-8-15(24)11-23(17)18(25)9-16-7-13(3)22-27-16/h4-7,15,17,24H,2,8-11H2,1,3H3,(H,21,26)/b6-5-,14-4+/t15-,17+/m1/s1. The molecule has 146 valence electrons. The van der Waals surface area contributed by atoms with Gasteiger partial charge in [-0.3, -0.25) is 9.59 Å². The minimum atomic E-state index is -0.727. The van der Waals surface area contributed by atoms with Gasteiger partial charge in [-0.25, -0.2) is 0 Å². The zero-order chi connectivity index (χ0) is 20.0. The highest BCUT2D eigenvalue weighted by molar-refractivity contribution is 9.11. The van der Waals surface area contributed by atoms with Gasteiger partial charge in [-0.15, -0.1) is 0 Å². The molecule has 0 aromatic carbocycles. The van der Waals surface area contributed by atoms with Gasteiger partial charge in [0.1, 0.15) is 11.8 Å². The molecule has 2 N–H and O–H groups in total. The summed E-state index contributed by atoms with van der Waals surface area (Å²) in [6, 6.07) is 0.967. The van der Waals surface area contributed by atoms with Gasteiger partial charge in [-0.05, 0) is 25.5 Å². The van der Waals surface area contributed by atoms with Gasteiger partial charge in [0.15, 0.2) is 0 Å². The Morgan fingerprint density at radius 1 is 1.52 bits per heavy atom. The molecule has 2 amide bonds. The van der Waals surface area contributed by atoms with Crippen LogP contribution in [0.2, 0.25) is 0 Å². The summed E-state index contributed by atoms with van der Waals surface area (Å²) in [7, 11) is 0. The van der Waals surface area contributed by atoms with Crippen LogP contribution >= 0.6 is 15.9 Å². The first-order valence-electron chi connectivity index (χ1n) is 8.65. The molecule has 2 atom stereocenters. The maximum atomic E-state index is 12.5. The number of likely N-dealkylation sites (tertiary alicyclic amines) is 1. The first-order chi connectivity index (χ1) is 12.8. The van der Waals surface area contributed by atoms with Crippen molar-refractivity contribution < 1.29 is 19.2 Å². The molecule has 0 radical (unpaired) electrons. The fourth-order valence-corrected chi connectivity index (χ4v) is 2.89. The third kappa shape index (κ3) is 6.18. The summed E-state index contributed by atoms with van der Waals surface area (Å²) in [5.41, 5.74) is 1.40. The summed E-state index contributed by atoms with van der Waals surface area (Å²) in [4.78, 5) is 26.5. The number of nitrogens with zero attached hydrogens (tertiary/aromatic N) is 2. The van der Waals surface area contributed by atoms with Crippen molar-refractivity contribution in [2.24, 2.45) is 0 Å². The summed E-state index contributed by atoms with van der Waals surface area (Å²) in [5.74, 6) is -0.155. The monoisotopic (exact) mass is 437 g/mol. The van der Waals surface area contributed by atoms with Crippen LogP contribution in [-0.4, -0.2) is 52.2 Å². The molecule has 0 unspecified atom stereocenters. The van der Waals surface area contributed by atoms with Crippen molar-refractivity contribution in [1.29, 1.82) is 0 Å². The number of amides is 2. The summed E-state index contributed by atoms with van der Waals surface area (Å²) in [6.45, 7) is 7.94. The number of carbonyl (C=O) groups excluding carboxylic acids is 2. The normalized spacial score (nSPS) is 20.3. The van der Waals surface area contributed by atoms with Crippen LogP contribution in [0.4, 0.5) is 0 Å². The van der Waals surface area contributed by atoms with Crippen molar-refractivity contribution in [3.05, 3.63) is 52.4 Å². The first-order valence-corrected chi connectivity index (χ1v) is 9.44. The number of β-amino-alcohol motifs (C(OH)–C–C–N with tert-alkyl or cyclic N) is 1. The number of halogens is 1. The van der Waals surface area contributed by atoms with Crippen molar-refractivity contribution in [2.45, 2.75) is 38.8 Å². The molecular weight excluding hydrogens is 414 g/mol. The van der Waals surface area contributed by atoms with Gasteiger partial charge in [-0.2, -0.15) is 0 Å². The average Bonchev–Trinajstić information content (AvgIpc) is 3.22. The Morgan fingerprint density at radius 2 is 2.26 bits per heavy atom. The lowest BCUT2D eigenvalue weighted by Crippen LogP contribution is -2.46. The fourth-order valence-electron chi connectivity index (χ4n) is 2.76. The van der Waals surface area contributed by atoms with E-state index in [1.165, 1.54) is 4.90 Å². The number of rotatable bonds is 7. The van der Waals surface area contributed by atoms with Gasteiger partial charge in [-0.1, -0.05) is 39.8 Å². The van der Waals surface area contributed by atoms with Crippen LogP contribution in [0.25, 0.3) is 0 Å². The number of aryl methyl sites for hydroxylation is 1. The summed E-state index contributed by atoms with van der Waals surface area (Å²) in [5, 5.41) is 16.5. The summed E-state index contributed by atoms with van der Waals surface area (Å²) in [6.07, 6.45) is 5.01. The minimum Gasteiger partial charge on any atom is -0.391 e. The Hall–Kier alpha value is -2.19. The molecule has 8 heteroatoms. The third-order valence-electron chi connectivity index (χ3n) is 4.15. The van der Waals surface area contributed by atoms with Gasteiger partial charge in [0.2, 0.25) is 11.8 Å². The van der Waals surface area contributed by atoms with E-state index in [1.807, 2.05) is 19.1 Å². The van der Waals surface area contributed by atoms with E-state index in [2.05, 4.69) is 33.0 Å². The highest BCUT2D eigenvalue weighted by Crippen LogP contribution is 2.20. The van der Waals surface area contributed by atoms with Gasteiger partial charge in [0.25, 0.3) is 0 Å². The van der Waals surface area contributed by atoms with Gasteiger partial charge < -0.3 is 19.8 Å². The molecule has 2 heterocycles. The van der Waals surface area contributed by atoms with Crippen LogP contribution in [0.3, 0.4) is 0 Å². The van der Waals surface area contributed by atoms with E-state index in [9.17, 15) is 14.7 Å². The van der Waals surface area contributed by atoms with Crippen molar-refractivity contribution in [2.75, 3.05) is 13.1 Å². The topological polar surface area (TPSA) is 95.7 Å². The van der Waals surface area contributed by atoms with E-state index in [4.69, 9.17) is 4.52 Å². The van der Waals surface area contributed by atoms with Crippen LogP contribution in [-0.2, 0) is 16.0 Å². The molecule has 2 rings (SSSR count). The third-order valence-corrected chi connectivity index (χ3v) is 4.87. The molecule has 1 fully saturated rings. The van der Waals surface area contributed by atoms with Crippen LogP contribution in [0.15, 0.2) is 45.5 Å². The first kappa shape index (κ1) is 21.1. The molecule has 0 saturated carbocycles. The predicted octanol–water partition coefficient (Wildman–Crippen LogP) is 2.01. The lowest BCUT2D eigenvalue weighted by Gasteiger charge is -2.23. The molecule has 1 aromatic rings. The van der Waals surface area contributed by atoms with Crippen molar-refractivity contribution >= 4 is 27.7 Å². The zero-order valence-corrected chi connectivity index (χ0v) is 17.0. The molecule has 0 bridgehead atoms. The molecule has 0 aliphatic carbocycles. The smallest absolute Gasteiger partial charge is 0.243 e. The lowest BCUT2D eigenvalue weighted by atomic mass is 10.1. The number of hydrogen-bond acceptors (Lipinski definition) is 5. The van der Waals surface area contributed by atoms with E-state index < -0.39 is 12.1 Å². The molecule has 1 aliphatic heterocycles. The molecule has 1 aliphatic rings. The Bertz CT molecular complexity index is 769. The number of aliphatic hydroxyl groups excluding tert-OH is 1. The van der Waals surface area contributed by atoms with Crippen molar-refractivity contribution in [3.8, 4) is 0 Å². The zero-order valence-electron chi connectivity index (χ0n) is 15.4. The van der Waals surface area contributed by atoms with Gasteiger partial charge in [0.05, 0.1) is 18.2 Å². The Kier molecular flexibility index (Phi) is 7.55. The summed E-state index contributed by atoms with van der Waals surface area (Å²) < 4.78 is 5.97. The molecule has 1 saturated heterocycles. The highest BCUT2D eigenvalue weighted by atomic mass is 79.9. The lowest BCUT2D eigenvalue weighted by molar-refractivity contribution is -0.138. The quantitative estimate of drug-likeness (QED) is 0.636. The fraction of sp³-hybridized carbons (Fsp3) is 0.421. The number of allylic oxidation sites excluding steroid dienone is 3. The second-order valence-corrected chi connectivity index (χ2v) is 7.36. The largest absolute Gasteiger partial charge is 0.391 e. The SMILES string of the molecule is C=C(/C=C\C(Br)=C/C)CNC(=O)[C@@H]1C[C@@H](O)CN1C(=O)Cc1cc(C)no1.